The maximum Gasteiger partial charge on any atom is 0.261 e. The standard InChI is InChI=1S/C19H14IN3O2S2/c1-12-15(18-22-17-6-3-11-21-19(17)26-18)4-2-5-16(12)23-27(24,25)14-9-7-13(20)8-10-14/h2-11,23H,1H3. The van der Waals surface area contributed by atoms with Crippen molar-refractivity contribution in [3.63, 3.8) is 0 Å². The zero-order chi connectivity index (χ0) is 19.0. The van der Waals surface area contributed by atoms with Gasteiger partial charge in [-0.3, -0.25) is 4.72 Å². The van der Waals surface area contributed by atoms with Crippen molar-refractivity contribution in [1.29, 1.82) is 0 Å². The number of benzene rings is 2. The molecule has 4 aromatic rings. The number of anilines is 1. The van der Waals surface area contributed by atoms with Gasteiger partial charge in [-0.15, -0.1) is 0 Å². The second-order valence-corrected chi connectivity index (χ2v) is 9.79. The summed E-state index contributed by atoms with van der Waals surface area (Å²) in [6.07, 6.45) is 1.74. The number of nitrogens with zero attached hydrogens (tertiary/aromatic N) is 2. The third kappa shape index (κ3) is 3.69. The highest BCUT2D eigenvalue weighted by atomic mass is 127. The Balaban J connectivity index is 1.72. The Bertz CT molecular complexity index is 1200. The molecule has 0 saturated carbocycles. The van der Waals surface area contributed by atoms with E-state index >= 15 is 0 Å². The van der Waals surface area contributed by atoms with Gasteiger partial charge in [0, 0.05) is 15.3 Å². The first-order chi connectivity index (χ1) is 12.9. The van der Waals surface area contributed by atoms with Gasteiger partial charge in [0.15, 0.2) is 0 Å². The zero-order valence-electron chi connectivity index (χ0n) is 14.2. The summed E-state index contributed by atoms with van der Waals surface area (Å²) in [6.45, 7) is 1.89. The second-order valence-electron chi connectivity index (χ2n) is 5.88. The van der Waals surface area contributed by atoms with E-state index in [1.54, 1.807) is 36.5 Å². The molecule has 2 heterocycles. The smallest absolute Gasteiger partial charge is 0.261 e. The van der Waals surface area contributed by atoms with Crippen LogP contribution in [0.4, 0.5) is 5.69 Å². The predicted molar refractivity (Wildman–Crippen MR) is 118 cm³/mol. The van der Waals surface area contributed by atoms with Crippen LogP contribution in [-0.4, -0.2) is 18.4 Å². The number of nitrogens with one attached hydrogen (secondary N) is 1. The Hall–Kier alpha value is -2.04. The molecular weight excluding hydrogens is 493 g/mol. The van der Waals surface area contributed by atoms with Gasteiger partial charge in [0.05, 0.1) is 10.6 Å². The summed E-state index contributed by atoms with van der Waals surface area (Å²) in [6, 6.07) is 16.0. The predicted octanol–water partition coefficient (Wildman–Crippen LogP) is 5.07. The van der Waals surface area contributed by atoms with Crippen LogP contribution in [0.15, 0.2) is 65.7 Å². The number of hydrogen-bond acceptors (Lipinski definition) is 5. The quantitative estimate of drug-likeness (QED) is 0.392. The molecule has 0 spiro atoms. The van der Waals surface area contributed by atoms with Gasteiger partial charge < -0.3 is 0 Å². The lowest BCUT2D eigenvalue weighted by Crippen LogP contribution is -2.14. The molecule has 8 heteroatoms. The first kappa shape index (κ1) is 18.3. The average Bonchev–Trinajstić information content (AvgIpc) is 3.07. The minimum absolute atomic E-state index is 0.233. The van der Waals surface area contributed by atoms with E-state index in [1.807, 2.05) is 31.2 Å². The second kappa shape index (κ2) is 7.17. The first-order valence-electron chi connectivity index (χ1n) is 8.04. The summed E-state index contributed by atoms with van der Waals surface area (Å²) in [7, 11) is -3.66. The van der Waals surface area contributed by atoms with Gasteiger partial charge >= 0.3 is 0 Å². The number of aromatic nitrogens is 2. The molecule has 5 nitrogen and oxygen atoms in total. The van der Waals surface area contributed by atoms with E-state index < -0.39 is 10.0 Å². The van der Waals surface area contributed by atoms with Crippen molar-refractivity contribution in [2.24, 2.45) is 0 Å². The topological polar surface area (TPSA) is 72.0 Å². The monoisotopic (exact) mass is 507 g/mol. The minimum atomic E-state index is -3.66. The zero-order valence-corrected chi connectivity index (χ0v) is 18.0. The Kier molecular flexibility index (Phi) is 4.87. The van der Waals surface area contributed by atoms with Gasteiger partial charge in [0.2, 0.25) is 0 Å². The lowest BCUT2D eigenvalue weighted by molar-refractivity contribution is 0.601. The van der Waals surface area contributed by atoms with E-state index in [0.29, 0.717) is 5.69 Å². The summed E-state index contributed by atoms with van der Waals surface area (Å²) in [4.78, 5) is 10.0. The Labute approximate surface area is 174 Å². The molecule has 0 bridgehead atoms. The molecule has 0 saturated heterocycles. The SMILES string of the molecule is Cc1c(NS(=O)(=O)c2ccc(I)cc2)cccc1-c1nc2cccnc2s1. The molecule has 0 aliphatic heterocycles. The normalized spacial score (nSPS) is 11.6. The van der Waals surface area contributed by atoms with E-state index in [4.69, 9.17) is 0 Å². The molecule has 2 aromatic carbocycles. The van der Waals surface area contributed by atoms with Crippen LogP contribution in [0, 0.1) is 10.5 Å². The maximum atomic E-state index is 12.7. The molecule has 2 aromatic heterocycles. The number of fused-ring (bicyclic) bond motifs is 1. The van der Waals surface area contributed by atoms with Crippen molar-refractivity contribution >= 4 is 60.0 Å². The summed E-state index contributed by atoms with van der Waals surface area (Å²) >= 11 is 3.63. The fraction of sp³-hybridized carbons (Fsp3) is 0.0526. The number of thiazole rings is 1. The van der Waals surface area contributed by atoms with E-state index in [0.717, 1.165) is 30.1 Å². The van der Waals surface area contributed by atoms with Crippen molar-refractivity contribution in [1.82, 2.24) is 9.97 Å². The fourth-order valence-electron chi connectivity index (χ4n) is 2.68. The third-order valence-corrected chi connectivity index (χ3v) is 7.21. The van der Waals surface area contributed by atoms with E-state index in [9.17, 15) is 8.42 Å². The molecule has 0 radical (unpaired) electrons. The highest BCUT2D eigenvalue weighted by molar-refractivity contribution is 14.1. The van der Waals surface area contributed by atoms with Crippen molar-refractivity contribution in [2.45, 2.75) is 11.8 Å². The minimum Gasteiger partial charge on any atom is -0.279 e. The van der Waals surface area contributed by atoms with Crippen molar-refractivity contribution in [2.75, 3.05) is 4.72 Å². The third-order valence-electron chi connectivity index (χ3n) is 4.10. The van der Waals surface area contributed by atoms with Gasteiger partial charge in [0.1, 0.15) is 15.4 Å². The lowest BCUT2D eigenvalue weighted by atomic mass is 10.1. The maximum absolute atomic E-state index is 12.7. The molecule has 0 fully saturated rings. The average molecular weight is 507 g/mol. The van der Waals surface area contributed by atoms with Crippen LogP contribution >= 0.6 is 33.9 Å². The van der Waals surface area contributed by atoms with Gasteiger partial charge in [-0.1, -0.05) is 23.5 Å². The van der Waals surface area contributed by atoms with Crippen LogP contribution in [0.25, 0.3) is 20.9 Å². The largest absolute Gasteiger partial charge is 0.279 e. The number of sulfonamides is 1. The molecule has 27 heavy (non-hydrogen) atoms. The van der Waals surface area contributed by atoms with E-state index in [2.05, 4.69) is 37.3 Å². The summed E-state index contributed by atoms with van der Waals surface area (Å²) in [5, 5.41) is 0.816. The van der Waals surface area contributed by atoms with Gasteiger partial charge in [-0.2, -0.15) is 0 Å². The summed E-state index contributed by atoms with van der Waals surface area (Å²) in [5.41, 5.74) is 3.09. The van der Waals surface area contributed by atoms with Crippen molar-refractivity contribution in [3.05, 3.63) is 69.9 Å². The number of hydrogen-bond donors (Lipinski definition) is 1. The van der Waals surface area contributed by atoms with E-state index in [-0.39, 0.29) is 4.90 Å². The van der Waals surface area contributed by atoms with Crippen LogP contribution in [-0.2, 0) is 10.0 Å². The Morgan fingerprint density at radius 3 is 2.56 bits per heavy atom. The van der Waals surface area contributed by atoms with Gasteiger partial charge in [-0.05, 0) is 77.5 Å². The molecule has 136 valence electrons. The lowest BCUT2D eigenvalue weighted by Gasteiger charge is -2.13. The number of halogens is 1. The molecule has 0 amide bonds. The first-order valence-corrected chi connectivity index (χ1v) is 11.4. The van der Waals surface area contributed by atoms with Crippen LogP contribution in [0.3, 0.4) is 0 Å². The number of pyridine rings is 1. The fourth-order valence-corrected chi connectivity index (χ4v) is 5.15. The van der Waals surface area contributed by atoms with Crippen molar-refractivity contribution < 1.29 is 8.42 Å². The molecule has 0 aliphatic rings. The van der Waals surface area contributed by atoms with Crippen LogP contribution in [0.2, 0.25) is 0 Å². The highest BCUT2D eigenvalue weighted by Gasteiger charge is 2.17. The van der Waals surface area contributed by atoms with Gasteiger partial charge in [0.25, 0.3) is 10.0 Å². The molecule has 0 atom stereocenters. The summed E-state index contributed by atoms with van der Waals surface area (Å²) in [5.74, 6) is 0. The molecule has 4 rings (SSSR count). The van der Waals surface area contributed by atoms with Crippen LogP contribution in [0.1, 0.15) is 5.56 Å². The number of rotatable bonds is 4. The molecule has 0 unspecified atom stereocenters. The van der Waals surface area contributed by atoms with Crippen LogP contribution < -0.4 is 4.72 Å². The molecular formula is C19H14IN3O2S2. The summed E-state index contributed by atoms with van der Waals surface area (Å²) < 4.78 is 29.1. The van der Waals surface area contributed by atoms with Crippen molar-refractivity contribution in [3.8, 4) is 10.6 Å². The van der Waals surface area contributed by atoms with E-state index in [1.165, 1.54) is 11.3 Å². The Morgan fingerprint density at radius 1 is 1.04 bits per heavy atom. The molecule has 1 N–H and O–H groups in total. The van der Waals surface area contributed by atoms with Crippen LogP contribution in [0.5, 0.6) is 0 Å². The van der Waals surface area contributed by atoms with Gasteiger partial charge in [-0.25, -0.2) is 18.4 Å². The molecule has 0 aliphatic carbocycles. The highest BCUT2D eigenvalue weighted by Crippen LogP contribution is 2.34. The Morgan fingerprint density at radius 2 is 1.81 bits per heavy atom.